The third-order valence-electron chi connectivity index (χ3n) is 2.61. The summed E-state index contributed by atoms with van der Waals surface area (Å²) in [5.74, 6) is 1.04. The highest BCUT2D eigenvalue weighted by Crippen LogP contribution is 2.33. The first-order valence-corrected chi connectivity index (χ1v) is 6.64. The monoisotopic (exact) mass is 247 g/mol. The molecule has 17 heavy (non-hydrogen) atoms. The van der Waals surface area contributed by atoms with E-state index in [1.807, 2.05) is 29.1 Å². The summed E-state index contributed by atoms with van der Waals surface area (Å²) in [7, 11) is 0. The molecule has 5 heteroatoms. The lowest BCUT2D eigenvalue weighted by Crippen LogP contribution is -1.99. The van der Waals surface area contributed by atoms with Crippen LogP contribution in [-0.2, 0) is 11.3 Å². The van der Waals surface area contributed by atoms with Crippen molar-refractivity contribution in [3.63, 3.8) is 0 Å². The molecule has 2 aromatic rings. The van der Waals surface area contributed by atoms with Crippen LogP contribution in [0.25, 0.3) is 0 Å². The van der Waals surface area contributed by atoms with Gasteiger partial charge in [0.25, 0.3) is 0 Å². The van der Waals surface area contributed by atoms with Crippen molar-refractivity contribution in [2.24, 2.45) is 0 Å². The highest BCUT2D eigenvalue weighted by atomic mass is 32.2. The maximum Gasteiger partial charge on any atom is 0.148 e. The number of ether oxygens (including phenoxy) is 1. The van der Waals surface area contributed by atoms with Crippen LogP contribution in [0.4, 0.5) is 0 Å². The Hall–Kier alpha value is -1.33. The Balaban J connectivity index is 1.72. The fourth-order valence-electron chi connectivity index (χ4n) is 1.80. The maximum atomic E-state index is 5.55. The van der Waals surface area contributed by atoms with Crippen molar-refractivity contribution < 1.29 is 4.74 Å². The molecule has 2 heterocycles. The molecule has 3 rings (SSSR count). The lowest BCUT2D eigenvalue weighted by Gasteiger charge is -2.02. The van der Waals surface area contributed by atoms with Crippen LogP contribution in [0, 0.1) is 0 Å². The minimum atomic E-state index is 0.0690. The molecule has 1 aromatic carbocycles. The summed E-state index contributed by atoms with van der Waals surface area (Å²) in [6.45, 7) is 1.56. The number of thioether (sulfide) groups is 1. The van der Waals surface area contributed by atoms with Crippen LogP contribution < -0.4 is 0 Å². The van der Waals surface area contributed by atoms with Crippen molar-refractivity contribution in [3.05, 3.63) is 47.8 Å². The fraction of sp³-hybridized carbons (Fsp3) is 0.333. The van der Waals surface area contributed by atoms with Crippen LogP contribution in [-0.4, -0.2) is 27.4 Å². The van der Waals surface area contributed by atoms with Crippen molar-refractivity contribution in [2.75, 3.05) is 12.4 Å². The van der Waals surface area contributed by atoms with Crippen LogP contribution in [0.2, 0.25) is 0 Å². The summed E-state index contributed by atoms with van der Waals surface area (Å²) < 4.78 is 7.40. The number of hydrogen-bond acceptors (Lipinski definition) is 4. The van der Waals surface area contributed by atoms with E-state index >= 15 is 0 Å². The molecule has 0 spiro atoms. The molecule has 1 aliphatic heterocycles. The topological polar surface area (TPSA) is 39.9 Å². The van der Waals surface area contributed by atoms with Gasteiger partial charge >= 0.3 is 0 Å². The number of benzene rings is 1. The minimum absolute atomic E-state index is 0.0690. The molecule has 0 N–H and O–H groups in total. The van der Waals surface area contributed by atoms with Gasteiger partial charge in [-0.25, -0.2) is 4.68 Å². The summed E-state index contributed by atoms with van der Waals surface area (Å²) >= 11 is 1.78. The number of hydrogen-bond donors (Lipinski definition) is 0. The number of aromatic nitrogens is 3. The second-order valence-corrected chi connectivity index (χ2v) is 5.07. The molecule has 88 valence electrons. The van der Waals surface area contributed by atoms with E-state index in [0.717, 1.165) is 24.6 Å². The zero-order valence-corrected chi connectivity index (χ0v) is 10.1. The van der Waals surface area contributed by atoms with E-state index in [4.69, 9.17) is 4.74 Å². The first-order chi connectivity index (χ1) is 8.42. The van der Waals surface area contributed by atoms with E-state index in [9.17, 15) is 0 Å². The van der Waals surface area contributed by atoms with E-state index < -0.39 is 0 Å². The van der Waals surface area contributed by atoms with Crippen LogP contribution in [0.15, 0.2) is 36.5 Å². The van der Waals surface area contributed by atoms with Gasteiger partial charge in [-0.2, -0.15) is 0 Å². The Bertz CT molecular complexity index is 480. The van der Waals surface area contributed by atoms with E-state index in [1.165, 1.54) is 5.56 Å². The molecule has 1 unspecified atom stereocenters. The quantitative estimate of drug-likeness (QED) is 0.832. The molecular formula is C12H13N3OS. The molecule has 0 saturated carbocycles. The molecule has 4 nitrogen and oxygen atoms in total. The van der Waals surface area contributed by atoms with E-state index in [1.54, 1.807) is 11.8 Å². The number of rotatable bonds is 3. The third kappa shape index (κ3) is 2.50. The molecule has 0 bridgehead atoms. The SMILES string of the molecule is c1ccc(Cn2cc(C3OCCS3)nn2)cc1. The van der Waals surface area contributed by atoms with Crippen molar-refractivity contribution in [1.82, 2.24) is 15.0 Å². The normalized spacial score (nSPS) is 19.6. The average molecular weight is 247 g/mol. The van der Waals surface area contributed by atoms with Gasteiger partial charge in [0.2, 0.25) is 0 Å². The largest absolute Gasteiger partial charge is 0.360 e. The second-order valence-electron chi connectivity index (χ2n) is 3.90. The first kappa shape index (κ1) is 10.8. The first-order valence-electron chi connectivity index (χ1n) is 5.59. The van der Waals surface area contributed by atoms with Gasteiger partial charge in [0.1, 0.15) is 11.1 Å². The molecule has 0 amide bonds. The Kier molecular flexibility index (Phi) is 3.11. The summed E-state index contributed by atoms with van der Waals surface area (Å²) in [5, 5.41) is 8.29. The molecular weight excluding hydrogens is 234 g/mol. The number of nitrogens with zero attached hydrogens (tertiary/aromatic N) is 3. The predicted octanol–water partition coefficient (Wildman–Crippen LogP) is 2.09. The Morgan fingerprint density at radius 3 is 3.00 bits per heavy atom. The van der Waals surface area contributed by atoms with Gasteiger partial charge in [-0.15, -0.1) is 16.9 Å². The lowest BCUT2D eigenvalue weighted by molar-refractivity contribution is 0.142. The van der Waals surface area contributed by atoms with E-state index in [2.05, 4.69) is 22.4 Å². The van der Waals surface area contributed by atoms with Gasteiger partial charge in [0.05, 0.1) is 19.3 Å². The van der Waals surface area contributed by atoms with Gasteiger partial charge in [0.15, 0.2) is 0 Å². The zero-order chi connectivity index (χ0) is 11.5. The predicted molar refractivity (Wildman–Crippen MR) is 66.7 cm³/mol. The van der Waals surface area contributed by atoms with Crippen molar-refractivity contribution in [1.29, 1.82) is 0 Å². The highest BCUT2D eigenvalue weighted by molar-refractivity contribution is 7.99. The van der Waals surface area contributed by atoms with Gasteiger partial charge in [-0.05, 0) is 5.56 Å². The summed E-state index contributed by atoms with van der Waals surface area (Å²) in [6.07, 6.45) is 1.97. The summed E-state index contributed by atoms with van der Waals surface area (Å²) in [4.78, 5) is 0. The minimum Gasteiger partial charge on any atom is -0.360 e. The Labute approximate surface area is 104 Å². The van der Waals surface area contributed by atoms with E-state index in [-0.39, 0.29) is 5.44 Å². The fourth-order valence-corrected chi connectivity index (χ4v) is 2.68. The zero-order valence-electron chi connectivity index (χ0n) is 9.32. The maximum absolute atomic E-state index is 5.55. The summed E-state index contributed by atoms with van der Waals surface area (Å²) in [5.41, 5.74) is 2.21. The van der Waals surface area contributed by atoms with Crippen molar-refractivity contribution >= 4 is 11.8 Å². The standard InChI is InChI=1S/C12H13N3OS/c1-2-4-10(5-3-1)8-15-9-11(13-14-15)12-16-6-7-17-12/h1-5,9,12H,6-8H2. The molecule has 1 aromatic heterocycles. The second kappa shape index (κ2) is 4.89. The molecule has 0 radical (unpaired) electrons. The molecule has 1 aliphatic rings. The molecule has 1 saturated heterocycles. The Morgan fingerprint density at radius 2 is 2.24 bits per heavy atom. The third-order valence-corrected chi connectivity index (χ3v) is 3.69. The Morgan fingerprint density at radius 1 is 1.35 bits per heavy atom. The summed E-state index contributed by atoms with van der Waals surface area (Å²) in [6, 6.07) is 10.2. The van der Waals surface area contributed by atoms with Crippen LogP contribution in [0.3, 0.4) is 0 Å². The van der Waals surface area contributed by atoms with Gasteiger partial charge in [-0.3, -0.25) is 0 Å². The lowest BCUT2D eigenvalue weighted by atomic mass is 10.2. The molecule has 1 fully saturated rings. The van der Waals surface area contributed by atoms with E-state index in [0.29, 0.717) is 0 Å². The smallest absolute Gasteiger partial charge is 0.148 e. The van der Waals surface area contributed by atoms with Crippen molar-refractivity contribution in [3.8, 4) is 0 Å². The highest BCUT2D eigenvalue weighted by Gasteiger charge is 2.21. The van der Waals surface area contributed by atoms with Crippen LogP contribution >= 0.6 is 11.8 Å². The van der Waals surface area contributed by atoms with Gasteiger partial charge in [-0.1, -0.05) is 35.5 Å². The van der Waals surface area contributed by atoms with Crippen molar-refractivity contribution in [2.45, 2.75) is 12.0 Å². The van der Waals surface area contributed by atoms with Gasteiger partial charge in [0, 0.05) is 5.75 Å². The van der Waals surface area contributed by atoms with Gasteiger partial charge < -0.3 is 4.74 Å². The van der Waals surface area contributed by atoms with Crippen LogP contribution in [0.5, 0.6) is 0 Å². The van der Waals surface area contributed by atoms with Crippen LogP contribution in [0.1, 0.15) is 16.7 Å². The average Bonchev–Trinajstić information content (AvgIpc) is 3.00. The molecule has 1 atom stereocenters. The molecule has 0 aliphatic carbocycles.